The largest absolute Gasteiger partial charge is 0.461 e. The molecule has 0 amide bonds. The SMILES string of the molecule is CCSC1=C(C(=O)c2ccco2)C(N)=C(C#N)C(c2ccc(C)cc2)N1c1ccccc1. The monoisotopic (exact) mass is 441 g/mol. The van der Waals surface area contributed by atoms with Gasteiger partial charge in [0.25, 0.3) is 0 Å². The van der Waals surface area contributed by atoms with E-state index >= 15 is 0 Å². The normalized spacial score (nSPS) is 16.3. The van der Waals surface area contributed by atoms with Crippen LogP contribution in [0.2, 0.25) is 0 Å². The fourth-order valence-corrected chi connectivity index (χ4v) is 4.80. The molecule has 1 atom stereocenters. The van der Waals surface area contributed by atoms with Crippen molar-refractivity contribution < 1.29 is 9.21 Å². The van der Waals surface area contributed by atoms with Gasteiger partial charge in [-0.1, -0.05) is 55.0 Å². The third kappa shape index (κ3) is 3.83. The van der Waals surface area contributed by atoms with Crippen molar-refractivity contribution in [1.29, 1.82) is 5.26 Å². The topological polar surface area (TPSA) is 83.3 Å². The molecule has 4 rings (SSSR count). The Labute approximate surface area is 191 Å². The number of hydrogen-bond acceptors (Lipinski definition) is 6. The first-order chi connectivity index (χ1) is 15.6. The number of para-hydroxylation sites is 1. The summed E-state index contributed by atoms with van der Waals surface area (Å²) in [6.07, 6.45) is 1.46. The Morgan fingerprint density at radius 2 is 1.84 bits per heavy atom. The van der Waals surface area contributed by atoms with Crippen molar-refractivity contribution in [3.05, 3.63) is 112 Å². The standard InChI is InChI=1S/C26H23N3O2S/c1-3-32-26-22(25(30)21-10-7-15-31-21)23(28)20(16-27)24(18-13-11-17(2)12-14-18)29(26)19-8-5-4-6-9-19/h4-15,24H,3,28H2,1-2H3. The summed E-state index contributed by atoms with van der Waals surface area (Å²) in [5.41, 5.74) is 10.3. The fraction of sp³-hybridized carbons (Fsp3) is 0.154. The smallest absolute Gasteiger partial charge is 0.232 e. The van der Waals surface area contributed by atoms with Crippen molar-refractivity contribution in [2.24, 2.45) is 5.73 Å². The Morgan fingerprint density at radius 3 is 2.44 bits per heavy atom. The van der Waals surface area contributed by atoms with Gasteiger partial charge in [-0.2, -0.15) is 5.26 Å². The molecule has 3 aromatic rings. The van der Waals surface area contributed by atoms with Gasteiger partial charge in [-0.05, 0) is 42.5 Å². The molecule has 0 saturated heterocycles. The number of nitrogens with two attached hydrogens (primary N) is 1. The highest BCUT2D eigenvalue weighted by atomic mass is 32.2. The van der Waals surface area contributed by atoms with Gasteiger partial charge in [0.1, 0.15) is 0 Å². The van der Waals surface area contributed by atoms with Crippen LogP contribution in [0.15, 0.2) is 99.3 Å². The lowest BCUT2D eigenvalue weighted by molar-refractivity contribution is 0.101. The van der Waals surface area contributed by atoms with Gasteiger partial charge in [0.15, 0.2) is 5.76 Å². The van der Waals surface area contributed by atoms with Crippen molar-refractivity contribution in [3.63, 3.8) is 0 Å². The number of furan rings is 1. The summed E-state index contributed by atoms with van der Waals surface area (Å²) >= 11 is 1.53. The van der Waals surface area contributed by atoms with Crippen LogP contribution in [-0.2, 0) is 0 Å². The van der Waals surface area contributed by atoms with Crippen molar-refractivity contribution in [3.8, 4) is 6.07 Å². The van der Waals surface area contributed by atoms with E-state index in [9.17, 15) is 10.1 Å². The molecule has 0 bridgehead atoms. The lowest BCUT2D eigenvalue weighted by Gasteiger charge is -2.40. The third-order valence-corrected chi connectivity index (χ3v) is 6.29. The number of thioether (sulfide) groups is 1. The highest BCUT2D eigenvalue weighted by molar-refractivity contribution is 8.03. The first-order valence-electron chi connectivity index (χ1n) is 10.3. The molecule has 2 heterocycles. The predicted molar refractivity (Wildman–Crippen MR) is 128 cm³/mol. The number of rotatable bonds is 6. The van der Waals surface area contributed by atoms with Gasteiger partial charge >= 0.3 is 0 Å². The molecule has 160 valence electrons. The molecule has 0 spiro atoms. The highest BCUT2D eigenvalue weighted by Gasteiger charge is 2.39. The number of Topliss-reactive ketones (excluding diaryl/α,β-unsaturated/α-hetero) is 1. The number of carbonyl (C=O) groups excluding carboxylic acids is 1. The molecular formula is C26H23N3O2S. The molecule has 6 heteroatoms. The van der Waals surface area contributed by atoms with Crippen LogP contribution in [0.1, 0.15) is 34.6 Å². The third-order valence-electron chi connectivity index (χ3n) is 5.32. The van der Waals surface area contributed by atoms with E-state index in [1.54, 1.807) is 12.1 Å². The van der Waals surface area contributed by atoms with Crippen molar-refractivity contribution in [2.45, 2.75) is 19.9 Å². The first kappa shape index (κ1) is 21.5. The maximum absolute atomic E-state index is 13.5. The number of benzene rings is 2. The summed E-state index contributed by atoms with van der Waals surface area (Å²) in [5, 5.41) is 10.9. The molecule has 1 aliphatic rings. The second kappa shape index (κ2) is 9.21. The summed E-state index contributed by atoms with van der Waals surface area (Å²) in [7, 11) is 0. The van der Waals surface area contributed by atoms with Crippen LogP contribution in [0.5, 0.6) is 0 Å². The molecule has 2 N–H and O–H groups in total. The summed E-state index contributed by atoms with van der Waals surface area (Å²) in [6.45, 7) is 4.05. The zero-order valence-electron chi connectivity index (χ0n) is 17.9. The quantitative estimate of drug-likeness (QED) is 0.492. The average Bonchev–Trinajstić information content (AvgIpc) is 3.35. The second-order valence-electron chi connectivity index (χ2n) is 7.38. The van der Waals surface area contributed by atoms with Crippen molar-refractivity contribution in [1.82, 2.24) is 0 Å². The van der Waals surface area contributed by atoms with Crippen LogP contribution in [0, 0.1) is 18.3 Å². The number of hydrogen-bond donors (Lipinski definition) is 1. The summed E-state index contributed by atoms with van der Waals surface area (Å²) < 4.78 is 5.39. The van der Waals surface area contributed by atoms with Gasteiger partial charge in [-0.15, -0.1) is 11.8 Å². The first-order valence-corrected chi connectivity index (χ1v) is 11.3. The number of allylic oxidation sites excluding steroid dienone is 1. The molecule has 0 radical (unpaired) electrons. The Balaban J connectivity index is 2.01. The average molecular weight is 442 g/mol. The molecule has 0 fully saturated rings. The Morgan fingerprint density at radius 1 is 1.12 bits per heavy atom. The highest BCUT2D eigenvalue weighted by Crippen LogP contribution is 2.46. The molecule has 1 aromatic heterocycles. The van der Waals surface area contributed by atoms with Crippen LogP contribution in [0.4, 0.5) is 5.69 Å². The zero-order chi connectivity index (χ0) is 22.7. The minimum atomic E-state index is -0.454. The summed E-state index contributed by atoms with van der Waals surface area (Å²) in [6, 6.07) is 22.9. The van der Waals surface area contributed by atoms with E-state index in [0.717, 1.165) is 22.6 Å². The minimum Gasteiger partial charge on any atom is -0.461 e. The van der Waals surface area contributed by atoms with E-state index < -0.39 is 6.04 Å². The van der Waals surface area contributed by atoms with Crippen molar-refractivity contribution >= 4 is 23.2 Å². The Hall–Kier alpha value is -3.69. The van der Waals surface area contributed by atoms with Gasteiger partial charge in [-0.25, -0.2) is 0 Å². The maximum Gasteiger partial charge on any atom is 0.232 e. The van der Waals surface area contributed by atoms with E-state index in [1.165, 1.54) is 18.0 Å². The summed E-state index contributed by atoms with van der Waals surface area (Å²) in [5.74, 6) is 0.583. The van der Waals surface area contributed by atoms with Crippen molar-refractivity contribution in [2.75, 3.05) is 10.7 Å². The molecular weight excluding hydrogens is 418 g/mol. The number of anilines is 1. The van der Waals surface area contributed by atoms with Gasteiger partial charge in [0.2, 0.25) is 5.78 Å². The van der Waals surface area contributed by atoms with Gasteiger partial charge in [0, 0.05) is 5.69 Å². The van der Waals surface area contributed by atoms with Gasteiger partial charge in [-0.3, -0.25) is 4.79 Å². The second-order valence-corrected chi connectivity index (χ2v) is 8.63. The number of nitrogens with zero attached hydrogens (tertiary/aromatic N) is 2. The molecule has 1 aliphatic heterocycles. The Bertz CT molecular complexity index is 1220. The van der Waals surface area contributed by atoms with E-state index in [4.69, 9.17) is 10.2 Å². The van der Waals surface area contributed by atoms with Crippen LogP contribution in [0.25, 0.3) is 0 Å². The zero-order valence-corrected chi connectivity index (χ0v) is 18.7. The van der Waals surface area contributed by atoms with Gasteiger partial charge < -0.3 is 15.1 Å². The number of carbonyl (C=O) groups is 1. The summed E-state index contributed by atoms with van der Waals surface area (Å²) in [4.78, 5) is 15.5. The van der Waals surface area contributed by atoms with E-state index in [2.05, 4.69) is 6.07 Å². The number of aryl methyl sites for hydroxylation is 1. The maximum atomic E-state index is 13.5. The molecule has 5 nitrogen and oxygen atoms in total. The van der Waals surface area contributed by atoms with Crippen LogP contribution >= 0.6 is 11.8 Å². The minimum absolute atomic E-state index is 0.191. The molecule has 0 aliphatic carbocycles. The predicted octanol–water partition coefficient (Wildman–Crippen LogP) is 5.73. The van der Waals surface area contributed by atoms with Crippen LogP contribution < -0.4 is 10.6 Å². The van der Waals surface area contributed by atoms with E-state index in [-0.39, 0.29) is 17.2 Å². The Kier molecular flexibility index (Phi) is 6.20. The lowest BCUT2D eigenvalue weighted by Crippen LogP contribution is -2.36. The molecule has 1 unspecified atom stereocenters. The van der Waals surface area contributed by atoms with E-state index in [0.29, 0.717) is 16.2 Å². The van der Waals surface area contributed by atoms with E-state index in [1.807, 2.05) is 73.3 Å². The molecule has 2 aromatic carbocycles. The molecule has 0 saturated carbocycles. The number of ketones is 1. The lowest BCUT2D eigenvalue weighted by atomic mass is 9.88. The van der Waals surface area contributed by atoms with Gasteiger partial charge in [0.05, 0.1) is 40.2 Å². The number of nitriles is 1. The van der Waals surface area contributed by atoms with Crippen LogP contribution in [-0.4, -0.2) is 11.5 Å². The fourth-order valence-electron chi connectivity index (χ4n) is 3.83. The van der Waals surface area contributed by atoms with Crippen LogP contribution in [0.3, 0.4) is 0 Å². The molecule has 32 heavy (non-hydrogen) atoms.